The van der Waals surface area contributed by atoms with Crippen LogP contribution < -0.4 is 5.32 Å². The van der Waals surface area contributed by atoms with Crippen molar-refractivity contribution in [1.29, 1.82) is 0 Å². The van der Waals surface area contributed by atoms with Crippen LogP contribution in [0, 0.1) is 28.7 Å². The van der Waals surface area contributed by atoms with Crippen LogP contribution in [0.15, 0.2) is 6.07 Å². The standard InChI is InChI=1S/C12H13F4N/c1-6(12(2)3-4-12)17-11-9(15)7(13)5-8(14)10(11)16/h5-6,17H,3-4H2,1-2H3. The lowest BCUT2D eigenvalue weighted by atomic mass is 10.0. The summed E-state index contributed by atoms with van der Waals surface area (Å²) in [6, 6.07) is -0.0352. The van der Waals surface area contributed by atoms with E-state index in [1.165, 1.54) is 0 Å². The maximum Gasteiger partial charge on any atom is 0.185 e. The molecule has 1 N–H and O–H groups in total. The van der Waals surface area contributed by atoms with Crippen LogP contribution in [0.1, 0.15) is 26.7 Å². The van der Waals surface area contributed by atoms with Crippen LogP contribution in [-0.4, -0.2) is 6.04 Å². The topological polar surface area (TPSA) is 12.0 Å². The van der Waals surface area contributed by atoms with E-state index >= 15 is 0 Å². The zero-order chi connectivity index (χ0) is 12.8. The van der Waals surface area contributed by atoms with E-state index in [4.69, 9.17) is 0 Å². The second-order valence-electron chi connectivity index (χ2n) is 4.86. The summed E-state index contributed by atoms with van der Waals surface area (Å²) in [6.07, 6.45) is 1.87. The van der Waals surface area contributed by atoms with Gasteiger partial charge < -0.3 is 5.32 Å². The molecule has 0 heterocycles. The van der Waals surface area contributed by atoms with Crippen molar-refractivity contribution in [3.8, 4) is 0 Å². The molecule has 1 aromatic rings. The number of benzene rings is 1. The Bertz CT molecular complexity index is 428. The van der Waals surface area contributed by atoms with Gasteiger partial charge in [-0.2, -0.15) is 0 Å². The SMILES string of the molecule is CC(Nc1c(F)c(F)cc(F)c1F)C1(C)CC1. The first-order valence-electron chi connectivity index (χ1n) is 5.45. The molecular formula is C12H13F4N. The second-order valence-corrected chi connectivity index (χ2v) is 4.86. The Labute approximate surface area is 96.8 Å². The highest BCUT2D eigenvalue weighted by atomic mass is 19.2. The third-order valence-corrected chi connectivity index (χ3v) is 3.56. The summed E-state index contributed by atoms with van der Waals surface area (Å²) in [5.41, 5.74) is -0.773. The fourth-order valence-electron chi connectivity index (χ4n) is 1.72. The summed E-state index contributed by atoms with van der Waals surface area (Å²) in [6.45, 7) is 3.70. The van der Waals surface area contributed by atoms with Crippen LogP contribution in [0.4, 0.5) is 23.2 Å². The number of rotatable bonds is 3. The Morgan fingerprint density at radius 2 is 1.59 bits per heavy atom. The Balaban J connectivity index is 2.31. The van der Waals surface area contributed by atoms with E-state index in [-0.39, 0.29) is 17.5 Å². The number of anilines is 1. The third-order valence-electron chi connectivity index (χ3n) is 3.56. The zero-order valence-corrected chi connectivity index (χ0v) is 9.58. The molecule has 0 saturated heterocycles. The van der Waals surface area contributed by atoms with Crippen molar-refractivity contribution < 1.29 is 17.6 Å². The van der Waals surface area contributed by atoms with Crippen LogP contribution in [0.2, 0.25) is 0 Å². The summed E-state index contributed by atoms with van der Waals surface area (Å²) in [7, 11) is 0. The van der Waals surface area contributed by atoms with E-state index in [1.807, 2.05) is 6.92 Å². The first-order chi connectivity index (χ1) is 7.85. The van der Waals surface area contributed by atoms with Crippen molar-refractivity contribution >= 4 is 5.69 Å². The average Bonchev–Trinajstić information content (AvgIpc) is 3.01. The van der Waals surface area contributed by atoms with Crippen LogP contribution in [0.25, 0.3) is 0 Å². The lowest BCUT2D eigenvalue weighted by Gasteiger charge is -2.22. The highest BCUT2D eigenvalue weighted by molar-refractivity contribution is 5.48. The van der Waals surface area contributed by atoms with Gasteiger partial charge in [-0.25, -0.2) is 17.6 Å². The summed E-state index contributed by atoms with van der Waals surface area (Å²) < 4.78 is 52.7. The van der Waals surface area contributed by atoms with Gasteiger partial charge in [0.25, 0.3) is 0 Å². The minimum Gasteiger partial charge on any atom is -0.377 e. The molecule has 1 saturated carbocycles. The molecule has 0 bridgehead atoms. The van der Waals surface area contributed by atoms with Crippen molar-refractivity contribution in [2.24, 2.45) is 5.41 Å². The molecular weight excluding hydrogens is 234 g/mol. The third kappa shape index (κ3) is 2.10. The molecule has 2 rings (SSSR count). The molecule has 0 radical (unpaired) electrons. The van der Waals surface area contributed by atoms with Gasteiger partial charge in [-0.15, -0.1) is 0 Å². The highest BCUT2D eigenvalue weighted by Gasteiger charge is 2.43. The van der Waals surface area contributed by atoms with Crippen LogP contribution in [0.5, 0.6) is 0 Å². The largest absolute Gasteiger partial charge is 0.377 e. The normalized spacial score (nSPS) is 18.9. The van der Waals surface area contributed by atoms with E-state index in [0.29, 0.717) is 0 Å². The molecule has 5 heteroatoms. The quantitative estimate of drug-likeness (QED) is 0.632. The van der Waals surface area contributed by atoms with Gasteiger partial charge in [-0.05, 0) is 25.2 Å². The Hall–Kier alpha value is -1.26. The summed E-state index contributed by atoms with van der Waals surface area (Å²) >= 11 is 0. The number of nitrogens with one attached hydrogen (secondary N) is 1. The molecule has 1 fully saturated rings. The molecule has 1 nitrogen and oxygen atoms in total. The predicted octanol–water partition coefficient (Wildman–Crippen LogP) is 3.84. The fourth-order valence-corrected chi connectivity index (χ4v) is 1.72. The monoisotopic (exact) mass is 247 g/mol. The van der Waals surface area contributed by atoms with E-state index < -0.39 is 29.0 Å². The van der Waals surface area contributed by atoms with Gasteiger partial charge in [-0.1, -0.05) is 6.92 Å². The minimum absolute atomic E-state index is 0.0539. The van der Waals surface area contributed by atoms with Gasteiger partial charge in [0.1, 0.15) is 5.69 Å². The zero-order valence-electron chi connectivity index (χ0n) is 9.58. The Morgan fingerprint density at radius 1 is 1.12 bits per heavy atom. The van der Waals surface area contributed by atoms with Gasteiger partial charge in [0.05, 0.1) is 0 Å². The number of halogens is 4. The first kappa shape index (κ1) is 12.2. The van der Waals surface area contributed by atoms with Crippen molar-refractivity contribution in [3.63, 3.8) is 0 Å². The molecule has 17 heavy (non-hydrogen) atoms. The van der Waals surface area contributed by atoms with Gasteiger partial charge in [-0.3, -0.25) is 0 Å². The average molecular weight is 247 g/mol. The van der Waals surface area contributed by atoms with Crippen molar-refractivity contribution in [2.45, 2.75) is 32.7 Å². The van der Waals surface area contributed by atoms with Crippen molar-refractivity contribution in [2.75, 3.05) is 5.32 Å². The first-order valence-corrected chi connectivity index (χ1v) is 5.45. The van der Waals surface area contributed by atoms with Gasteiger partial charge in [0.15, 0.2) is 23.3 Å². The van der Waals surface area contributed by atoms with Crippen LogP contribution >= 0.6 is 0 Å². The van der Waals surface area contributed by atoms with E-state index in [2.05, 4.69) is 5.32 Å². The predicted molar refractivity (Wildman–Crippen MR) is 56.7 cm³/mol. The maximum absolute atomic E-state index is 13.4. The smallest absolute Gasteiger partial charge is 0.185 e. The lowest BCUT2D eigenvalue weighted by Crippen LogP contribution is -2.26. The lowest BCUT2D eigenvalue weighted by molar-refractivity contribution is 0.445. The van der Waals surface area contributed by atoms with Gasteiger partial charge in [0, 0.05) is 12.1 Å². The molecule has 0 spiro atoms. The fraction of sp³-hybridized carbons (Fsp3) is 0.500. The summed E-state index contributed by atoms with van der Waals surface area (Å²) in [5, 5.41) is 2.53. The number of hydrogen-bond donors (Lipinski definition) is 1. The van der Waals surface area contributed by atoms with E-state index in [0.717, 1.165) is 12.8 Å². The highest BCUT2D eigenvalue weighted by Crippen LogP contribution is 2.49. The van der Waals surface area contributed by atoms with Crippen molar-refractivity contribution in [3.05, 3.63) is 29.3 Å². The Kier molecular flexibility index (Phi) is 2.79. The van der Waals surface area contributed by atoms with Gasteiger partial charge >= 0.3 is 0 Å². The molecule has 1 aliphatic carbocycles. The van der Waals surface area contributed by atoms with E-state index in [1.54, 1.807) is 6.92 Å². The van der Waals surface area contributed by atoms with Crippen LogP contribution in [0.3, 0.4) is 0 Å². The summed E-state index contributed by atoms with van der Waals surface area (Å²) in [4.78, 5) is 0. The second kappa shape index (κ2) is 3.89. The van der Waals surface area contributed by atoms with Gasteiger partial charge in [0.2, 0.25) is 0 Å². The maximum atomic E-state index is 13.4. The Morgan fingerprint density at radius 3 is 2.00 bits per heavy atom. The number of hydrogen-bond acceptors (Lipinski definition) is 1. The minimum atomic E-state index is -1.39. The molecule has 1 aromatic carbocycles. The molecule has 0 aliphatic heterocycles. The van der Waals surface area contributed by atoms with Crippen molar-refractivity contribution in [1.82, 2.24) is 0 Å². The molecule has 94 valence electrons. The molecule has 1 unspecified atom stereocenters. The molecule has 0 amide bonds. The molecule has 0 aromatic heterocycles. The molecule has 1 atom stereocenters. The van der Waals surface area contributed by atoms with E-state index in [9.17, 15) is 17.6 Å². The molecule has 1 aliphatic rings. The van der Waals surface area contributed by atoms with Crippen LogP contribution in [-0.2, 0) is 0 Å². The summed E-state index contributed by atoms with van der Waals surface area (Å²) in [5.74, 6) is -5.53.